The first kappa shape index (κ1) is 14.0. The van der Waals surface area contributed by atoms with Gasteiger partial charge < -0.3 is 10.2 Å². The maximum atomic E-state index is 11.2. The van der Waals surface area contributed by atoms with E-state index in [1.54, 1.807) is 38.1 Å². The Kier molecular flexibility index (Phi) is 4.66. The molecule has 0 saturated carbocycles. The van der Waals surface area contributed by atoms with Gasteiger partial charge in [-0.15, -0.1) is 0 Å². The summed E-state index contributed by atoms with van der Waals surface area (Å²) in [6.45, 7) is 3.36. The molecule has 1 rings (SSSR count). The lowest BCUT2D eigenvalue weighted by Crippen LogP contribution is -2.17. The van der Waals surface area contributed by atoms with Crippen molar-refractivity contribution in [1.29, 1.82) is 0 Å². The average molecular weight is 248 g/mol. The Labute approximate surface area is 106 Å². The summed E-state index contributed by atoms with van der Waals surface area (Å²) in [7, 11) is 0. The highest BCUT2D eigenvalue weighted by Crippen LogP contribution is 2.19. The van der Waals surface area contributed by atoms with Crippen molar-refractivity contribution in [3.05, 3.63) is 47.0 Å². The summed E-state index contributed by atoms with van der Waals surface area (Å²) >= 11 is 0. The Morgan fingerprint density at radius 3 is 2.00 bits per heavy atom. The molecule has 0 fully saturated rings. The van der Waals surface area contributed by atoms with Crippen molar-refractivity contribution in [1.82, 2.24) is 0 Å². The molecule has 0 aliphatic rings. The van der Waals surface area contributed by atoms with Crippen molar-refractivity contribution < 1.29 is 19.8 Å². The van der Waals surface area contributed by atoms with Gasteiger partial charge in [0.25, 0.3) is 0 Å². The van der Waals surface area contributed by atoms with E-state index in [4.69, 9.17) is 5.11 Å². The maximum absolute atomic E-state index is 11.2. The van der Waals surface area contributed by atoms with Crippen molar-refractivity contribution in [3.63, 3.8) is 0 Å². The van der Waals surface area contributed by atoms with E-state index in [2.05, 4.69) is 0 Å². The molecule has 0 atom stereocenters. The fourth-order valence-electron chi connectivity index (χ4n) is 1.81. The van der Waals surface area contributed by atoms with Gasteiger partial charge in [-0.25, -0.2) is 9.59 Å². The number of hydrogen-bond acceptors (Lipinski definition) is 2. The Hall–Kier alpha value is -2.10. The molecular weight excluding hydrogens is 232 g/mol. The van der Waals surface area contributed by atoms with Crippen LogP contribution >= 0.6 is 0 Å². The molecular formula is C14H16O4. The van der Waals surface area contributed by atoms with Crippen LogP contribution in [0.25, 0.3) is 0 Å². The van der Waals surface area contributed by atoms with Gasteiger partial charge in [-0.2, -0.15) is 0 Å². The van der Waals surface area contributed by atoms with Crippen molar-refractivity contribution in [2.45, 2.75) is 20.3 Å². The Morgan fingerprint density at radius 2 is 1.61 bits per heavy atom. The van der Waals surface area contributed by atoms with E-state index < -0.39 is 11.9 Å². The standard InChI is InChI=1S/C14H16O4/c1-9(2)12(14(17)18)11(13(15)16)8-10-6-4-3-5-7-10/h3-7,9H,8H2,1-2H3,(H,15,16)(H,17,18). The van der Waals surface area contributed by atoms with E-state index >= 15 is 0 Å². The zero-order valence-electron chi connectivity index (χ0n) is 10.4. The van der Waals surface area contributed by atoms with Gasteiger partial charge in [0.2, 0.25) is 0 Å². The largest absolute Gasteiger partial charge is 0.478 e. The third kappa shape index (κ3) is 3.45. The second kappa shape index (κ2) is 6.00. The summed E-state index contributed by atoms with van der Waals surface area (Å²) < 4.78 is 0. The molecule has 0 aliphatic carbocycles. The number of carbonyl (C=O) groups is 2. The molecule has 0 radical (unpaired) electrons. The molecule has 0 bridgehead atoms. The maximum Gasteiger partial charge on any atom is 0.332 e. The van der Waals surface area contributed by atoms with E-state index in [9.17, 15) is 14.7 Å². The van der Waals surface area contributed by atoms with Gasteiger partial charge in [-0.05, 0) is 11.5 Å². The summed E-state index contributed by atoms with van der Waals surface area (Å²) in [5, 5.41) is 18.3. The molecule has 0 spiro atoms. The van der Waals surface area contributed by atoms with Gasteiger partial charge in [0.15, 0.2) is 0 Å². The van der Waals surface area contributed by atoms with Gasteiger partial charge in [0.05, 0.1) is 11.1 Å². The average Bonchev–Trinajstić information content (AvgIpc) is 2.28. The van der Waals surface area contributed by atoms with Crippen LogP contribution in [0.5, 0.6) is 0 Å². The highest BCUT2D eigenvalue weighted by molar-refractivity contribution is 5.99. The smallest absolute Gasteiger partial charge is 0.332 e. The highest BCUT2D eigenvalue weighted by atomic mass is 16.4. The fourth-order valence-corrected chi connectivity index (χ4v) is 1.81. The van der Waals surface area contributed by atoms with Crippen LogP contribution in [0.15, 0.2) is 41.5 Å². The summed E-state index contributed by atoms with van der Waals surface area (Å²) in [5.74, 6) is -2.68. The first-order valence-corrected chi connectivity index (χ1v) is 5.67. The lowest BCUT2D eigenvalue weighted by Gasteiger charge is -2.12. The first-order valence-electron chi connectivity index (χ1n) is 5.67. The van der Waals surface area contributed by atoms with Crippen LogP contribution in [0.2, 0.25) is 0 Å². The van der Waals surface area contributed by atoms with E-state index in [0.29, 0.717) is 0 Å². The number of benzene rings is 1. The Bertz CT molecular complexity index is 472. The monoisotopic (exact) mass is 248 g/mol. The molecule has 1 aromatic carbocycles. The Balaban J connectivity index is 3.21. The minimum atomic E-state index is -1.18. The summed E-state index contributed by atoms with van der Waals surface area (Å²) in [6.07, 6.45) is 0.121. The van der Waals surface area contributed by atoms with Gasteiger partial charge in [-0.3, -0.25) is 0 Å². The van der Waals surface area contributed by atoms with Crippen LogP contribution in [0.1, 0.15) is 19.4 Å². The molecule has 18 heavy (non-hydrogen) atoms. The van der Waals surface area contributed by atoms with Gasteiger partial charge in [0.1, 0.15) is 0 Å². The van der Waals surface area contributed by atoms with Crippen molar-refractivity contribution in [2.75, 3.05) is 0 Å². The van der Waals surface area contributed by atoms with E-state index in [0.717, 1.165) is 5.56 Å². The van der Waals surface area contributed by atoms with E-state index in [1.165, 1.54) is 0 Å². The van der Waals surface area contributed by atoms with E-state index in [-0.39, 0.29) is 23.5 Å². The van der Waals surface area contributed by atoms with Crippen LogP contribution in [0.4, 0.5) is 0 Å². The lowest BCUT2D eigenvalue weighted by molar-refractivity contribution is -0.136. The summed E-state index contributed by atoms with van der Waals surface area (Å²) in [6, 6.07) is 8.98. The molecule has 0 amide bonds. The molecule has 0 aromatic heterocycles. The topological polar surface area (TPSA) is 74.6 Å². The minimum absolute atomic E-state index is 0.0358. The predicted octanol–water partition coefficient (Wildman–Crippen LogP) is 2.35. The molecule has 0 aliphatic heterocycles. The molecule has 0 heterocycles. The van der Waals surface area contributed by atoms with Crippen LogP contribution in [-0.4, -0.2) is 22.2 Å². The van der Waals surface area contributed by atoms with Crippen molar-refractivity contribution >= 4 is 11.9 Å². The van der Waals surface area contributed by atoms with Crippen LogP contribution in [0.3, 0.4) is 0 Å². The molecule has 4 nitrogen and oxygen atoms in total. The molecule has 1 aromatic rings. The quantitative estimate of drug-likeness (QED) is 0.784. The van der Waals surface area contributed by atoms with Gasteiger partial charge in [-0.1, -0.05) is 44.2 Å². The van der Waals surface area contributed by atoms with Crippen LogP contribution in [-0.2, 0) is 16.0 Å². The molecule has 2 N–H and O–H groups in total. The second-order valence-corrected chi connectivity index (χ2v) is 4.32. The van der Waals surface area contributed by atoms with Crippen molar-refractivity contribution in [3.8, 4) is 0 Å². The normalized spacial score (nSPS) is 12.2. The second-order valence-electron chi connectivity index (χ2n) is 4.32. The Morgan fingerprint density at radius 1 is 1.06 bits per heavy atom. The SMILES string of the molecule is CC(C)C(C(=O)O)=C(Cc1ccccc1)C(=O)O. The zero-order chi connectivity index (χ0) is 13.7. The number of rotatable bonds is 5. The molecule has 0 unspecified atom stereocenters. The number of carboxylic acid groups (broad SMARTS) is 2. The lowest BCUT2D eigenvalue weighted by atomic mass is 9.93. The molecule has 96 valence electrons. The van der Waals surface area contributed by atoms with Crippen LogP contribution in [0, 0.1) is 5.92 Å². The molecule has 4 heteroatoms. The van der Waals surface area contributed by atoms with E-state index in [1.807, 2.05) is 6.07 Å². The summed E-state index contributed by atoms with van der Waals surface area (Å²) in [5.41, 5.74) is 0.698. The third-order valence-corrected chi connectivity index (χ3v) is 2.61. The fraction of sp³-hybridized carbons (Fsp3) is 0.286. The predicted molar refractivity (Wildman–Crippen MR) is 67.3 cm³/mol. The number of aliphatic carboxylic acids is 2. The van der Waals surface area contributed by atoms with Gasteiger partial charge >= 0.3 is 11.9 Å². The highest BCUT2D eigenvalue weighted by Gasteiger charge is 2.22. The zero-order valence-corrected chi connectivity index (χ0v) is 10.4. The van der Waals surface area contributed by atoms with Crippen molar-refractivity contribution in [2.24, 2.45) is 5.92 Å². The van der Waals surface area contributed by atoms with Gasteiger partial charge in [0, 0.05) is 6.42 Å². The molecule has 0 saturated heterocycles. The number of carboxylic acids is 2. The summed E-state index contributed by atoms with van der Waals surface area (Å²) in [4.78, 5) is 22.4. The van der Waals surface area contributed by atoms with Crippen LogP contribution < -0.4 is 0 Å². The minimum Gasteiger partial charge on any atom is -0.478 e. The number of hydrogen-bond donors (Lipinski definition) is 2. The third-order valence-electron chi connectivity index (χ3n) is 2.61. The first-order chi connectivity index (χ1) is 8.43.